The molecule has 5 N–H and O–H groups in total. The average Bonchev–Trinajstić information content (AvgIpc) is 2.85. The van der Waals surface area contributed by atoms with Crippen molar-refractivity contribution in [3.05, 3.63) is 28.3 Å². The summed E-state index contributed by atoms with van der Waals surface area (Å²) in [7, 11) is 4.19. The van der Waals surface area contributed by atoms with E-state index in [-0.39, 0.29) is 36.9 Å². The number of primary amides is 1. The van der Waals surface area contributed by atoms with Crippen LogP contribution in [0.4, 0.5) is 13.2 Å². The van der Waals surface area contributed by atoms with Crippen LogP contribution in [-0.2, 0) is 38.3 Å². The Bertz CT molecular complexity index is 1360. The number of carbonyl (C=O) groups is 4. The van der Waals surface area contributed by atoms with Crippen LogP contribution in [0.5, 0.6) is 5.75 Å². The zero-order valence-electron chi connectivity index (χ0n) is 24.4. The number of carbonyl (C=O) groups excluding carboxylic acids is 4. The average molecular weight is 595 g/mol. The maximum atomic E-state index is 14.6. The van der Waals surface area contributed by atoms with E-state index in [9.17, 15) is 37.5 Å². The van der Waals surface area contributed by atoms with Gasteiger partial charge in [-0.2, -0.15) is 13.2 Å². The summed E-state index contributed by atoms with van der Waals surface area (Å²) in [5.41, 5.74) is 0.354. The van der Waals surface area contributed by atoms with Gasteiger partial charge in [-0.05, 0) is 62.9 Å². The first-order valence-corrected chi connectivity index (χ1v) is 13.8. The number of methoxy groups -OCH3 is 1. The van der Waals surface area contributed by atoms with E-state index in [0.717, 1.165) is 13.2 Å². The highest BCUT2D eigenvalue weighted by molar-refractivity contribution is 6.33. The summed E-state index contributed by atoms with van der Waals surface area (Å²) in [5, 5.41) is 22.7. The maximum absolute atomic E-state index is 14.6. The van der Waals surface area contributed by atoms with Crippen LogP contribution in [0.25, 0.3) is 0 Å². The van der Waals surface area contributed by atoms with Crippen molar-refractivity contribution in [2.45, 2.75) is 64.0 Å². The second-order valence-electron chi connectivity index (χ2n) is 12.2. The zero-order valence-corrected chi connectivity index (χ0v) is 24.4. The van der Waals surface area contributed by atoms with E-state index < -0.39 is 92.9 Å². The number of nitrogens with zero attached hydrogens (tertiary/aromatic N) is 1. The molecule has 4 rings (SSSR count). The van der Waals surface area contributed by atoms with E-state index in [4.69, 9.17) is 15.9 Å². The lowest BCUT2D eigenvalue weighted by molar-refractivity contribution is -0.161. The van der Waals surface area contributed by atoms with Gasteiger partial charge in [-0.15, -0.1) is 0 Å². The van der Waals surface area contributed by atoms with Gasteiger partial charge < -0.3 is 26.3 Å². The van der Waals surface area contributed by atoms with Gasteiger partial charge in [-0.1, -0.05) is 13.8 Å². The molecule has 1 aromatic rings. The number of nitrogens with one attached hydrogen (secondary N) is 2. The van der Waals surface area contributed by atoms with Gasteiger partial charge in [0, 0.05) is 25.6 Å². The minimum Gasteiger partial charge on any atom is -0.507 e. The zero-order chi connectivity index (χ0) is 31.6. The Hall–Kier alpha value is -3.16. The SMILES string of the molecule is COC12C(=N)C(C(N)=O)C(=O)C(N(C)C)C1CC1Cc3c(c(O)cc(CNC(C)C(C)C)c3C(F)(F)F)C(=O)C1C2=O. The molecular formula is C29H37F3N4O6. The molecule has 0 radical (unpaired) electrons. The van der Waals surface area contributed by atoms with Gasteiger partial charge in [0.15, 0.2) is 23.0 Å². The number of rotatable bonds is 7. The fraction of sp³-hybridized carbons (Fsp3) is 0.621. The van der Waals surface area contributed by atoms with E-state index in [1.807, 2.05) is 20.8 Å². The molecule has 3 aliphatic carbocycles. The number of phenols is 1. The van der Waals surface area contributed by atoms with Crippen molar-refractivity contribution in [3.8, 4) is 5.75 Å². The van der Waals surface area contributed by atoms with Gasteiger partial charge in [-0.25, -0.2) is 0 Å². The second kappa shape index (κ2) is 10.8. The molecule has 0 aliphatic heterocycles. The van der Waals surface area contributed by atoms with Gasteiger partial charge in [-0.3, -0.25) is 24.1 Å². The van der Waals surface area contributed by atoms with Gasteiger partial charge in [0.25, 0.3) is 0 Å². The van der Waals surface area contributed by atoms with Crippen LogP contribution in [0.2, 0.25) is 0 Å². The highest BCUT2D eigenvalue weighted by atomic mass is 19.4. The molecule has 42 heavy (non-hydrogen) atoms. The van der Waals surface area contributed by atoms with Crippen LogP contribution < -0.4 is 11.1 Å². The Morgan fingerprint density at radius 2 is 1.88 bits per heavy atom. The molecule has 0 spiro atoms. The smallest absolute Gasteiger partial charge is 0.417 e. The number of benzene rings is 1. The lowest BCUT2D eigenvalue weighted by atomic mass is 9.51. The third-order valence-corrected chi connectivity index (χ3v) is 9.39. The van der Waals surface area contributed by atoms with Crippen molar-refractivity contribution in [3.63, 3.8) is 0 Å². The van der Waals surface area contributed by atoms with Gasteiger partial charge >= 0.3 is 6.18 Å². The molecule has 0 bridgehead atoms. The van der Waals surface area contributed by atoms with Gasteiger partial charge in [0.2, 0.25) is 5.91 Å². The normalized spacial score (nSPS) is 30.3. The number of fused-ring (bicyclic) bond motifs is 3. The molecule has 230 valence electrons. The number of hydrogen-bond acceptors (Lipinski definition) is 9. The minimum absolute atomic E-state index is 0.122. The summed E-state index contributed by atoms with van der Waals surface area (Å²) in [4.78, 5) is 55.3. The van der Waals surface area contributed by atoms with Crippen LogP contribution in [0.1, 0.15) is 54.2 Å². The van der Waals surface area contributed by atoms with E-state index >= 15 is 0 Å². The van der Waals surface area contributed by atoms with Crippen LogP contribution in [0.3, 0.4) is 0 Å². The number of amides is 1. The first-order valence-electron chi connectivity index (χ1n) is 13.8. The number of aromatic hydroxyl groups is 1. The number of alkyl halides is 3. The largest absolute Gasteiger partial charge is 0.507 e. The maximum Gasteiger partial charge on any atom is 0.417 e. The van der Waals surface area contributed by atoms with Crippen molar-refractivity contribution in [1.29, 1.82) is 5.41 Å². The monoisotopic (exact) mass is 594 g/mol. The molecule has 0 aromatic heterocycles. The summed E-state index contributed by atoms with van der Waals surface area (Å²) in [6.45, 7) is 5.43. The fourth-order valence-electron chi connectivity index (χ4n) is 7.14. The molecular weight excluding hydrogens is 557 g/mol. The Labute approximate surface area is 241 Å². The first kappa shape index (κ1) is 31.8. The topological polar surface area (TPSA) is 163 Å². The number of ether oxygens (including phenoxy) is 1. The number of likely N-dealkylation sites (N-methyl/N-ethyl adjacent to an activating group) is 1. The summed E-state index contributed by atoms with van der Waals surface area (Å²) in [6.07, 6.45) is -5.37. The Morgan fingerprint density at radius 3 is 2.38 bits per heavy atom. The molecule has 0 heterocycles. The lowest BCUT2D eigenvalue weighted by Gasteiger charge is -2.55. The third-order valence-electron chi connectivity index (χ3n) is 9.39. The molecule has 2 fully saturated rings. The summed E-state index contributed by atoms with van der Waals surface area (Å²) in [6, 6.07) is -0.365. The molecule has 1 amide bonds. The molecule has 1 aromatic carbocycles. The Kier molecular flexibility index (Phi) is 8.20. The van der Waals surface area contributed by atoms with Crippen molar-refractivity contribution in [2.24, 2.45) is 35.3 Å². The second-order valence-corrected chi connectivity index (χ2v) is 12.2. The third kappa shape index (κ3) is 4.65. The number of halogens is 3. The lowest BCUT2D eigenvalue weighted by Crippen LogP contribution is -2.74. The number of Topliss-reactive ketones (excluding diaryl/α,β-unsaturated/α-hetero) is 3. The Morgan fingerprint density at radius 1 is 1.26 bits per heavy atom. The minimum atomic E-state index is -4.87. The van der Waals surface area contributed by atoms with Crippen molar-refractivity contribution < 1.29 is 42.2 Å². The molecule has 13 heteroatoms. The predicted octanol–water partition coefficient (Wildman–Crippen LogP) is 2.12. The van der Waals surface area contributed by atoms with Crippen molar-refractivity contribution >= 4 is 29.0 Å². The molecule has 10 nitrogen and oxygen atoms in total. The summed E-state index contributed by atoms with van der Waals surface area (Å²) < 4.78 is 49.5. The first-order chi connectivity index (χ1) is 19.4. The van der Waals surface area contributed by atoms with E-state index in [1.165, 1.54) is 19.0 Å². The molecule has 2 saturated carbocycles. The highest BCUT2D eigenvalue weighted by Gasteiger charge is 2.68. The van der Waals surface area contributed by atoms with E-state index in [2.05, 4.69) is 5.32 Å². The Balaban J connectivity index is 1.89. The van der Waals surface area contributed by atoms with Gasteiger partial charge in [0.1, 0.15) is 11.7 Å². The standard InChI is InChI=1S/C29H37F3N4O6/c1-11(2)12(3)35-10-14-9-17(37)19-15(21(14)29(30,31)32)7-13-8-16-22(36(4)5)24(39)20(27(34)41)25(33)28(16,42-6)26(40)18(13)23(19)38/h9,11-13,16,18,20,22,33,35,37H,7-8,10H2,1-6H3,(H2,34,41). The van der Waals surface area contributed by atoms with E-state index in [1.54, 1.807) is 0 Å². The van der Waals surface area contributed by atoms with Crippen molar-refractivity contribution in [1.82, 2.24) is 10.2 Å². The summed E-state index contributed by atoms with van der Waals surface area (Å²) >= 11 is 0. The van der Waals surface area contributed by atoms with E-state index in [0.29, 0.717) is 0 Å². The number of hydrogen-bond donors (Lipinski definition) is 4. The number of phenolic OH excluding ortho intramolecular Hbond substituents is 1. The number of ketones is 3. The van der Waals surface area contributed by atoms with Crippen LogP contribution >= 0.6 is 0 Å². The summed E-state index contributed by atoms with van der Waals surface area (Å²) in [5.74, 6) is -9.75. The van der Waals surface area contributed by atoms with Crippen LogP contribution in [0.15, 0.2) is 6.07 Å². The molecule has 0 saturated heterocycles. The molecule has 7 atom stereocenters. The van der Waals surface area contributed by atoms with Gasteiger partial charge in [0.05, 0.1) is 28.8 Å². The molecule has 3 aliphatic rings. The van der Waals surface area contributed by atoms with Crippen LogP contribution in [-0.4, -0.2) is 77.9 Å². The van der Waals surface area contributed by atoms with Crippen LogP contribution in [0, 0.1) is 35.0 Å². The quantitative estimate of drug-likeness (QED) is 0.349. The highest BCUT2D eigenvalue weighted by Crippen LogP contribution is 2.53. The molecule has 7 unspecified atom stereocenters. The fourth-order valence-corrected chi connectivity index (χ4v) is 7.14. The number of nitrogens with two attached hydrogens (primary N) is 1. The predicted molar refractivity (Wildman–Crippen MR) is 145 cm³/mol. The van der Waals surface area contributed by atoms with Crippen molar-refractivity contribution in [2.75, 3.05) is 21.2 Å².